The third-order valence-electron chi connectivity index (χ3n) is 2.82. The molecule has 0 radical (unpaired) electrons. The molecule has 2 aromatic rings. The molecule has 0 fully saturated rings. The number of rotatable bonds is 4. The Morgan fingerprint density at radius 3 is 2.35 bits per heavy atom. The van der Waals surface area contributed by atoms with Crippen LogP contribution in [0.4, 0.5) is 0 Å². The average molecular weight is 268 g/mol. The van der Waals surface area contributed by atoms with E-state index in [2.05, 4.69) is 0 Å². The monoisotopic (exact) mass is 268 g/mol. The Bertz CT molecular complexity index is 640. The summed E-state index contributed by atoms with van der Waals surface area (Å²) in [6.07, 6.45) is 2.65. The van der Waals surface area contributed by atoms with E-state index in [9.17, 15) is 4.79 Å². The zero-order valence-electron chi connectivity index (χ0n) is 11.5. The fraction of sp³-hybridized carbons (Fsp3) is 0.118. The normalized spacial score (nSPS) is 10.7. The van der Waals surface area contributed by atoms with Gasteiger partial charge in [0.05, 0.1) is 0 Å². The standard InChI is InChI=1S/C17H16O3/c1-12-3-7-15(8-4-12)20-16-9-5-13(2)11-14(16)6-10-17(18)19/h3-11H,1-2H3,(H,18,19)/b10-6+. The van der Waals surface area contributed by atoms with Crippen molar-refractivity contribution in [3.8, 4) is 11.5 Å². The Labute approximate surface area is 118 Å². The van der Waals surface area contributed by atoms with Crippen LogP contribution < -0.4 is 4.74 Å². The minimum Gasteiger partial charge on any atom is -0.478 e. The summed E-state index contributed by atoms with van der Waals surface area (Å²) in [5, 5.41) is 8.73. The summed E-state index contributed by atoms with van der Waals surface area (Å²) in [7, 11) is 0. The van der Waals surface area contributed by atoms with Gasteiger partial charge in [-0.05, 0) is 44.2 Å². The van der Waals surface area contributed by atoms with Crippen molar-refractivity contribution < 1.29 is 14.6 Å². The van der Waals surface area contributed by atoms with Crippen LogP contribution in [0.15, 0.2) is 48.5 Å². The molecule has 0 amide bonds. The average Bonchev–Trinajstić information content (AvgIpc) is 2.41. The molecule has 0 aliphatic rings. The maximum absolute atomic E-state index is 10.6. The lowest BCUT2D eigenvalue weighted by Crippen LogP contribution is -1.90. The summed E-state index contributed by atoms with van der Waals surface area (Å²) >= 11 is 0. The summed E-state index contributed by atoms with van der Waals surface area (Å²) in [6, 6.07) is 13.4. The lowest BCUT2D eigenvalue weighted by molar-refractivity contribution is -0.131. The molecule has 0 aliphatic carbocycles. The summed E-state index contributed by atoms with van der Waals surface area (Å²) < 4.78 is 5.81. The van der Waals surface area contributed by atoms with Crippen LogP contribution in [0.3, 0.4) is 0 Å². The van der Waals surface area contributed by atoms with Crippen LogP contribution in [0.25, 0.3) is 6.08 Å². The van der Waals surface area contributed by atoms with Crippen molar-refractivity contribution in [2.45, 2.75) is 13.8 Å². The van der Waals surface area contributed by atoms with Crippen molar-refractivity contribution in [1.82, 2.24) is 0 Å². The summed E-state index contributed by atoms with van der Waals surface area (Å²) in [6.45, 7) is 3.96. The zero-order valence-corrected chi connectivity index (χ0v) is 11.5. The lowest BCUT2D eigenvalue weighted by Gasteiger charge is -2.10. The largest absolute Gasteiger partial charge is 0.478 e. The van der Waals surface area contributed by atoms with Crippen LogP contribution in [-0.4, -0.2) is 11.1 Å². The molecule has 2 aromatic carbocycles. The topological polar surface area (TPSA) is 46.5 Å². The van der Waals surface area contributed by atoms with Gasteiger partial charge in [-0.15, -0.1) is 0 Å². The van der Waals surface area contributed by atoms with Crippen molar-refractivity contribution in [3.63, 3.8) is 0 Å². The molecule has 0 saturated carbocycles. The smallest absolute Gasteiger partial charge is 0.328 e. The van der Waals surface area contributed by atoms with Gasteiger partial charge in [0.2, 0.25) is 0 Å². The zero-order chi connectivity index (χ0) is 14.5. The number of aryl methyl sites for hydroxylation is 2. The maximum Gasteiger partial charge on any atom is 0.328 e. The number of aliphatic carboxylic acids is 1. The molecule has 0 heterocycles. The van der Waals surface area contributed by atoms with E-state index in [1.165, 1.54) is 0 Å². The molecular formula is C17H16O3. The number of ether oxygens (including phenoxy) is 1. The predicted molar refractivity (Wildman–Crippen MR) is 79.1 cm³/mol. The first-order valence-corrected chi connectivity index (χ1v) is 6.31. The van der Waals surface area contributed by atoms with Crippen LogP contribution in [0.5, 0.6) is 11.5 Å². The molecule has 3 nitrogen and oxygen atoms in total. The fourth-order valence-corrected chi connectivity index (χ4v) is 1.79. The number of hydrogen-bond acceptors (Lipinski definition) is 2. The molecule has 0 aliphatic heterocycles. The summed E-state index contributed by atoms with van der Waals surface area (Å²) in [5.74, 6) is 0.383. The van der Waals surface area contributed by atoms with Gasteiger partial charge in [0, 0.05) is 11.6 Å². The van der Waals surface area contributed by atoms with Crippen LogP contribution in [0, 0.1) is 13.8 Å². The molecule has 0 aromatic heterocycles. The van der Waals surface area contributed by atoms with Gasteiger partial charge in [-0.3, -0.25) is 0 Å². The van der Waals surface area contributed by atoms with Gasteiger partial charge in [0.1, 0.15) is 11.5 Å². The molecule has 0 atom stereocenters. The van der Waals surface area contributed by atoms with Gasteiger partial charge < -0.3 is 9.84 Å². The predicted octanol–water partition coefficient (Wildman–Crippen LogP) is 4.19. The Kier molecular flexibility index (Phi) is 4.20. The molecule has 102 valence electrons. The summed E-state index contributed by atoms with van der Waals surface area (Å²) in [5.41, 5.74) is 2.95. The van der Waals surface area contributed by atoms with Crippen molar-refractivity contribution >= 4 is 12.0 Å². The van der Waals surface area contributed by atoms with E-state index >= 15 is 0 Å². The Morgan fingerprint density at radius 2 is 1.70 bits per heavy atom. The number of carbonyl (C=O) groups is 1. The van der Waals surface area contributed by atoms with E-state index < -0.39 is 5.97 Å². The van der Waals surface area contributed by atoms with Crippen LogP contribution in [-0.2, 0) is 4.79 Å². The first-order valence-electron chi connectivity index (χ1n) is 6.31. The molecule has 0 unspecified atom stereocenters. The second-order valence-corrected chi connectivity index (χ2v) is 4.63. The number of carboxylic acids is 1. The Hall–Kier alpha value is -2.55. The molecule has 0 saturated heterocycles. The van der Waals surface area contributed by atoms with Crippen molar-refractivity contribution in [3.05, 3.63) is 65.2 Å². The second-order valence-electron chi connectivity index (χ2n) is 4.63. The highest BCUT2D eigenvalue weighted by Crippen LogP contribution is 2.27. The van der Waals surface area contributed by atoms with E-state index in [4.69, 9.17) is 9.84 Å². The number of hydrogen-bond donors (Lipinski definition) is 1. The van der Waals surface area contributed by atoms with E-state index in [0.717, 1.165) is 28.5 Å². The highest BCUT2D eigenvalue weighted by atomic mass is 16.5. The van der Waals surface area contributed by atoms with Gasteiger partial charge in [-0.25, -0.2) is 4.79 Å². The number of carboxylic acid groups (broad SMARTS) is 1. The van der Waals surface area contributed by atoms with E-state index in [1.807, 2.05) is 56.3 Å². The molecule has 3 heteroatoms. The molecule has 0 bridgehead atoms. The molecule has 2 rings (SSSR count). The van der Waals surface area contributed by atoms with Gasteiger partial charge in [-0.1, -0.05) is 29.3 Å². The molecule has 20 heavy (non-hydrogen) atoms. The Balaban J connectivity index is 2.30. The third-order valence-corrected chi connectivity index (χ3v) is 2.82. The van der Waals surface area contributed by atoms with E-state index in [-0.39, 0.29) is 0 Å². The molecule has 0 spiro atoms. The molecular weight excluding hydrogens is 252 g/mol. The molecule has 1 N–H and O–H groups in total. The van der Waals surface area contributed by atoms with E-state index in [1.54, 1.807) is 6.08 Å². The minimum atomic E-state index is -0.979. The summed E-state index contributed by atoms with van der Waals surface area (Å²) in [4.78, 5) is 10.6. The van der Waals surface area contributed by atoms with Gasteiger partial charge in [0.15, 0.2) is 0 Å². The highest BCUT2D eigenvalue weighted by Gasteiger charge is 2.04. The van der Waals surface area contributed by atoms with Gasteiger partial charge in [0.25, 0.3) is 0 Å². The quantitative estimate of drug-likeness (QED) is 0.845. The maximum atomic E-state index is 10.6. The van der Waals surface area contributed by atoms with E-state index in [0.29, 0.717) is 5.75 Å². The highest BCUT2D eigenvalue weighted by molar-refractivity contribution is 5.86. The second kappa shape index (κ2) is 6.06. The third kappa shape index (κ3) is 3.72. The van der Waals surface area contributed by atoms with Crippen molar-refractivity contribution in [2.24, 2.45) is 0 Å². The number of benzene rings is 2. The SMILES string of the molecule is Cc1ccc(Oc2ccc(C)cc2/C=C/C(=O)O)cc1. The van der Waals surface area contributed by atoms with Crippen LogP contribution in [0.2, 0.25) is 0 Å². The van der Waals surface area contributed by atoms with Crippen molar-refractivity contribution in [2.75, 3.05) is 0 Å². The fourth-order valence-electron chi connectivity index (χ4n) is 1.79. The van der Waals surface area contributed by atoms with Crippen LogP contribution in [0.1, 0.15) is 16.7 Å². The van der Waals surface area contributed by atoms with Crippen molar-refractivity contribution in [1.29, 1.82) is 0 Å². The minimum absolute atomic E-state index is 0.636. The lowest BCUT2D eigenvalue weighted by atomic mass is 10.1. The Morgan fingerprint density at radius 1 is 1.05 bits per heavy atom. The first-order chi connectivity index (χ1) is 9.54. The first kappa shape index (κ1) is 13.9. The van der Waals surface area contributed by atoms with Crippen LogP contribution >= 0.6 is 0 Å². The van der Waals surface area contributed by atoms with Gasteiger partial charge in [-0.2, -0.15) is 0 Å². The van der Waals surface area contributed by atoms with Gasteiger partial charge >= 0.3 is 5.97 Å².